The Morgan fingerprint density at radius 2 is 2.29 bits per heavy atom. The Morgan fingerprint density at radius 3 is 2.95 bits per heavy atom. The average Bonchev–Trinajstić information content (AvgIpc) is 3.11. The van der Waals surface area contributed by atoms with Crippen LogP contribution in [0.15, 0.2) is 51.9 Å². The quantitative estimate of drug-likeness (QED) is 0.708. The number of rotatable bonds is 4. The van der Waals surface area contributed by atoms with Crippen molar-refractivity contribution in [2.45, 2.75) is 6.04 Å². The second-order valence-electron chi connectivity index (χ2n) is 4.48. The summed E-state index contributed by atoms with van der Waals surface area (Å²) in [5.74, 6) is 1.57. The molecule has 0 aromatic carbocycles. The molecule has 0 fully saturated rings. The van der Waals surface area contributed by atoms with E-state index < -0.39 is 0 Å². The monoisotopic (exact) mass is 366 g/mol. The number of imidazole rings is 1. The number of nitrogens with zero attached hydrogens (tertiary/aromatic N) is 3. The lowest BCUT2D eigenvalue weighted by Crippen LogP contribution is -2.16. The van der Waals surface area contributed by atoms with Crippen LogP contribution in [0.25, 0.3) is 0 Å². The number of halogens is 2. The number of pyridine rings is 1. The summed E-state index contributed by atoms with van der Waals surface area (Å²) in [6, 6.07) is 5.35. The third kappa shape index (κ3) is 2.96. The molecule has 7 heteroatoms. The van der Waals surface area contributed by atoms with Crippen molar-refractivity contribution in [2.75, 3.05) is 5.32 Å². The van der Waals surface area contributed by atoms with Crippen molar-refractivity contribution in [3.63, 3.8) is 0 Å². The maximum absolute atomic E-state index is 6.15. The van der Waals surface area contributed by atoms with Crippen molar-refractivity contribution in [3.8, 4) is 0 Å². The summed E-state index contributed by atoms with van der Waals surface area (Å²) < 4.78 is 8.30. The maximum atomic E-state index is 6.15. The van der Waals surface area contributed by atoms with Gasteiger partial charge >= 0.3 is 0 Å². The Kier molecular flexibility index (Phi) is 3.98. The molecule has 0 aliphatic heterocycles. The van der Waals surface area contributed by atoms with Crippen LogP contribution < -0.4 is 5.32 Å². The first kappa shape index (κ1) is 14.2. The van der Waals surface area contributed by atoms with Gasteiger partial charge in [-0.25, -0.2) is 9.97 Å². The number of hydrogen-bond donors (Lipinski definition) is 1. The minimum Gasteiger partial charge on any atom is -0.467 e. The first-order chi connectivity index (χ1) is 10.1. The second-order valence-corrected chi connectivity index (χ2v) is 5.75. The van der Waals surface area contributed by atoms with Gasteiger partial charge in [0.2, 0.25) is 0 Å². The van der Waals surface area contributed by atoms with Crippen molar-refractivity contribution < 1.29 is 4.42 Å². The van der Waals surface area contributed by atoms with Gasteiger partial charge in [0.1, 0.15) is 17.6 Å². The highest BCUT2D eigenvalue weighted by molar-refractivity contribution is 9.10. The Bertz CT molecular complexity index is 741. The lowest BCUT2D eigenvalue weighted by Gasteiger charge is -2.18. The number of nitrogens with one attached hydrogen (secondary N) is 1. The highest BCUT2D eigenvalue weighted by Crippen LogP contribution is 2.30. The Morgan fingerprint density at radius 1 is 1.43 bits per heavy atom. The van der Waals surface area contributed by atoms with Crippen LogP contribution in [0, 0.1) is 0 Å². The molecule has 0 saturated heterocycles. The zero-order valence-electron chi connectivity index (χ0n) is 11.1. The third-order valence-corrected chi connectivity index (χ3v) is 3.78. The molecule has 0 saturated carbocycles. The van der Waals surface area contributed by atoms with E-state index in [1.54, 1.807) is 18.7 Å². The molecule has 0 aliphatic carbocycles. The summed E-state index contributed by atoms with van der Waals surface area (Å²) >= 11 is 9.54. The number of hydrogen-bond acceptors (Lipinski definition) is 4. The summed E-state index contributed by atoms with van der Waals surface area (Å²) in [4.78, 5) is 8.50. The van der Waals surface area contributed by atoms with Gasteiger partial charge in [0.25, 0.3) is 0 Å². The molecule has 1 unspecified atom stereocenters. The second kappa shape index (κ2) is 5.91. The fourth-order valence-electron chi connectivity index (χ4n) is 2.05. The topological polar surface area (TPSA) is 55.9 Å². The molecule has 5 nitrogen and oxygen atoms in total. The molecule has 0 aliphatic rings. The SMILES string of the molecule is Cn1ccnc1C(Nc1cc(Br)cnc1Cl)c1ccco1. The highest BCUT2D eigenvalue weighted by atomic mass is 79.9. The van der Waals surface area contributed by atoms with E-state index in [4.69, 9.17) is 16.0 Å². The average molecular weight is 368 g/mol. The van der Waals surface area contributed by atoms with Gasteiger partial charge in [0, 0.05) is 30.1 Å². The molecule has 108 valence electrons. The van der Waals surface area contributed by atoms with Crippen LogP contribution >= 0.6 is 27.5 Å². The molecule has 21 heavy (non-hydrogen) atoms. The first-order valence-electron chi connectivity index (χ1n) is 6.23. The lowest BCUT2D eigenvalue weighted by atomic mass is 10.2. The van der Waals surface area contributed by atoms with Gasteiger partial charge in [-0.1, -0.05) is 11.6 Å². The molecule has 0 radical (unpaired) electrons. The van der Waals surface area contributed by atoms with Crippen LogP contribution in [-0.4, -0.2) is 14.5 Å². The van der Waals surface area contributed by atoms with Crippen molar-refractivity contribution in [1.82, 2.24) is 14.5 Å². The number of aromatic nitrogens is 3. The normalized spacial score (nSPS) is 12.3. The molecule has 0 amide bonds. The summed E-state index contributed by atoms with van der Waals surface area (Å²) in [6.07, 6.45) is 6.91. The molecule has 0 bridgehead atoms. The summed E-state index contributed by atoms with van der Waals surface area (Å²) in [7, 11) is 1.93. The molecule has 3 aromatic rings. The third-order valence-electron chi connectivity index (χ3n) is 3.05. The summed E-state index contributed by atoms with van der Waals surface area (Å²) in [6.45, 7) is 0. The molecular formula is C14H12BrClN4O. The predicted octanol–water partition coefficient (Wildman–Crippen LogP) is 4.03. The smallest absolute Gasteiger partial charge is 0.152 e. The van der Waals surface area contributed by atoms with Crippen molar-refractivity contribution >= 4 is 33.2 Å². The standard InChI is InChI=1S/C14H12BrClN4O/c1-20-5-4-17-14(20)12(11-3-2-6-21-11)19-10-7-9(15)8-18-13(10)16/h2-8,12,19H,1H3. The van der Waals surface area contributed by atoms with Crippen LogP contribution in [0.1, 0.15) is 17.6 Å². The fraction of sp³-hybridized carbons (Fsp3) is 0.143. The molecule has 1 atom stereocenters. The van der Waals surface area contributed by atoms with E-state index >= 15 is 0 Å². The van der Waals surface area contributed by atoms with Crippen molar-refractivity contribution in [2.24, 2.45) is 7.05 Å². The molecule has 0 spiro atoms. The minimum absolute atomic E-state index is 0.256. The number of aryl methyl sites for hydroxylation is 1. The van der Waals surface area contributed by atoms with E-state index in [1.165, 1.54) is 0 Å². The van der Waals surface area contributed by atoms with Crippen LogP contribution in [0.3, 0.4) is 0 Å². The zero-order chi connectivity index (χ0) is 14.8. The van der Waals surface area contributed by atoms with Crippen LogP contribution in [0.5, 0.6) is 0 Å². The molecule has 3 rings (SSSR count). The minimum atomic E-state index is -0.256. The first-order valence-corrected chi connectivity index (χ1v) is 7.40. The number of anilines is 1. The highest BCUT2D eigenvalue weighted by Gasteiger charge is 2.22. The van der Waals surface area contributed by atoms with E-state index in [0.717, 1.165) is 16.1 Å². The Balaban J connectivity index is 2.01. The molecule has 3 aromatic heterocycles. The maximum Gasteiger partial charge on any atom is 0.152 e. The van der Waals surface area contributed by atoms with Gasteiger partial charge in [-0.15, -0.1) is 0 Å². The fourth-order valence-corrected chi connectivity index (χ4v) is 2.54. The van der Waals surface area contributed by atoms with Gasteiger partial charge in [-0.05, 0) is 34.1 Å². The zero-order valence-corrected chi connectivity index (χ0v) is 13.5. The van der Waals surface area contributed by atoms with E-state index in [9.17, 15) is 0 Å². The Labute approximate surface area is 135 Å². The summed E-state index contributed by atoms with van der Waals surface area (Å²) in [5.41, 5.74) is 0.704. The largest absolute Gasteiger partial charge is 0.467 e. The Hall–Kier alpha value is -1.79. The van der Waals surface area contributed by atoms with Crippen LogP contribution in [0.2, 0.25) is 5.15 Å². The van der Waals surface area contributed by atoms with Gasteiger partial charge in [0.05, 0.1) is 12.0 Å². The molecular weight excluding hydrogens is 356 g/mol. The lowest BCUT2D eigenvalue weighted by molar-refractivity contribution is 0.488. The summed E-state index contributed by atoms with van der Waals surface area (Å²) in [5, 5.41) is 3.72. The van der Waals surface area contributed by atoms with Crippen molar-refractivity contribution in [1.29, 1.82) is 0 Å². The van der Waals surface area contributed by atoms with E-state index in [0.29, 0.717) is 10.8 Å². The predicted molar refractivity (Wildman–Crippen MR) is 84.3 cm³/mol. The van der Waals surface area contributed by atoms with Gasteiger partial charge < -0.3 is 14.3 Å². The molecule has 1 N–H and O–H groups in total. The van der Waals surface area contributed by atoms with Crippen LogP contribution in [-0.2, 0) is 7.05 Å². The van der Waals surface area contributed by atoms with E-state index in [-0.39, 0.29) is 6.04 Å². The van der Waals surface area contributed by atoms with Crippen molar-refractivity contribution in [3.05, 3.63) is 64.3 Å². The number of furan rings is 1. The van der Waals surface area contributed by atoms with E-state index in [2.05, 4.69) is 31.2 Å². The molecule has 3 heterocycles. The van der Waals surface area contributed by atoms with Gasteiger partial charge in [-0.2, -0.15) is 0 Å². The van der Waals surface area contributed by atoms with E-state index in [1.807, 2.05) is 36.0 Å². The van der Waals surface area contributed by atoms with Gasteiger partial charge in [-0.3, -0.25) is 0 Å². The van der Waals surface area contributed by atoms with Gasteiger partial charge in [0.15, 0.2) is 5.15 Å². The van der Waals surface area contributed by atoms with Crippen LogP contribution in [0.4, 0.5) is 5.69 Å².